The van der Waals surface area contributed by atoms with Crippen LogP contribution in [0.5, 0.6) is 0 Å². The zero-order chi connectivity index (χ0) is 20.1. The lowest BCUT2D eigenvalue weighted by molar-refractivity contribution is -0.130. The fourth-order valence-corrected chi connectivity index (χ4v) is 2.16. The molecule has 0 aliphatic carbocycles. The van der Waals surface area contributed by atoms with Crippen LogP contribution < -0.4 is 26.6 Å². The van der Waals surface area contributed by atoms with Gasteiger partial charge in [0.2, 0.25) is 23.6 Å². The average molecular weight is 377 g/mol. The van der Waals surface area contributed by atoms with Crippen molar-refractivity contribution in [1.82, 2.24) is 26.6 Å². The molecule has 0 bridgehead atoms. The van der Waals surface area contributed by atoms with E-state index in [2.05, 4.69) is 26.6 Å². The molecule has 0 saturated carbocycles. The summed E-state index contributed by atoms with van der Waals surface area (Å²) >= 11 is 0. The van der Waals surface area contributed by atoms with Gasteiger partial charge in [0.1, 0.15) is 6.04 Å². The van der Waals surface area contributed by atoms with Gasteiger partial charge in [0.15, 0.2) is 0 Å². The summed E-state index contributed by atoms with van der Waals surface area (Å²) in [6, 6.07) is 8.32. The number of carbonyl (C=O) groups excluding carboxylic acids is 4. The van der Waals surface area contributed by atoms with Crippen LogP contribution >= 0.6 is 0 Å². The number of likely N-dealkylation sites (N-methyl/N-ethyl adjacent to an activating group) is 2. The van der Waals surface area contributed by atoms with Crippen molar-refractivity contribution in [2.75, 3.05) is 33.2 Å². The van der Waals surface area contributed by atoms with Crippen LogP contribution in [0, 0.1) is 0 Å². The van der Waals surface area contributed by atoms with Crippen molar-refractivity contribution in [3.63, 3.8) is 0 Å². The smallest absolute Gasteiger partial charge is 0.243 e. The number of amides is 4. The largest absolute Gasteiger partial charge is 0.358 e. The minimum absolute atomic E-state index is 0.115. The second kappa shape index (κ2) is 12.4. The summed E-state index contributed by atoms with van der Waals surface area (Å²) in [5.74, 6) is -1.62. The molecule has 0 fully saturated rings. The van der Waals surface area contributed by atoms with E-state index in [4.69, 9.17) is 0 Å². The molecule has 0 radical (unpaired) electrons. The SMILES string of the molecule is CCNCC(=O)NCC(=O)N[C@@H](Cc1ccccc1)C(=O)NCC(=O)NC. The molecule has 1 aromatic carbocycles. The van der Waals surface area contributed by atoms with E-state index in [1.807, 2.05) is 37.3 Å². The number of benzene rings is 1. The monoisotopic (exact) mass is 377 g/mol. The fourth-order valence-electron chi connectivity index (χ4n) is 2.16. The van der Waals surface area contributed by atoms with Gasteiger partial charge in [0.25, 0.3) is 0 Å². The van der Waals surface area contributed by atoms with Crippen LogP contribution in [0.15, 0.2) is 30.3 Å². The minimum Gasteiger partial charge on any atom is -0.358 e. The topological polar surface area (TPSA) is 128 Å². The maximum Gasteiger partial charge on any atom is 0.243 e. The van der Waals surface area contributed by atoms with Crippen LogP contribution in [0.2, 0.25) is 0 Å². The second-order valence-electron chi connectivity index (χ2n) is 5.76. The minimum atomic E-state index is -0.866. The zero-order valence-electron chi connectivity index (χ0n) is 15.6. The molecule has 0 saturated heterocycles. The molecule has 0 aliphatic rings. The third kappa shape index (κ3) is 9.36. The summed E-state index contributed by atoms with van der Waals surface area (Å²) in [6.45, 7) is 2.20. The Morgan fingerprint density at radius 2 is 1.56 bits per heavy atom. The van der Waals surface area contributed by atoms with Crippen molar-refractivity contribution >= 4 is 23.6 Å². The van der Waals surface area contributed by atoms with Crippen LogP contribution in [-0.2, 0) is 25.6 Å². The highest BCUT2D eigenvalue weighted by Crippen LogP contribution is 2.03. The van der Waals surface area contributed by atoms with Crippen LogP contribution in [0.25, 0.3) is 0 Å². The molecule has 0 unspecified atom stereocenters. The third-order valence-corrected chi connectivity index (χ3v) is 3.62. The molecule has 4 amide bonds. The number of carbonyl (C=O) groups is 4. The van der Waals surface area contributed by atoms with Crippen molar-refractivity contribution in [3.05, 3.63) is 35.9 Å². The van der Waals surface area contributed by atoms with Crippen molar-refractivity contribution in [1.29, 1.82) is 0 Å². The Morgan fingerprint density at radius 3 is 2.19 bits per heavy atom. The van der Waals surface area contributed by atoms with Gasteiger partial charge in [-0.25, -0.2) is 0 Å². The van der Waals surface area contributed by atoms with Crippen LogP contribution in [0.4, 0.5) is 0 Å². The van der Waals surface area contributed by atoms with E-state index in [1.165, 1.54) is 7.05 Å². The van der Waals surface area contributed by atoms with Crippen molar-refractivity contribution < 1.29 is 19.2 Å². The highest BCUT2D eigenvalue weighted by molar-refractivity contribution is 5.92. The standard InChI is InChI=1S/C18H27N5O4/c1-3-20-10-16(25)21-12-17(26)23-14(9-13-7-5-4-6-8-13)18(27)22-11-15(24)19-2/h4-8,14,20H,3,9-12H2,1-2H3,(H,19,24)(H,21,25)(H,22,27)(H,23,26)/t14-/m0/s1. The molecule has 0 spiro atoms. The van der Waals surface area contributed by atoms with Gasteiger partial charge >= 0.3 is 0 Å². The van der Waals surface area contributed by atoms with Crippen molar-refractivity contribution in [2.45, 2.75) is 19.4 Å². The second-order valence-corrected chi connectivity index (χ2v) is 5.76. The summed E-state index contributed by atoms with van der Waals surface area (Å²) in [5.41, 5.74) is 0.856. The molecule has 1 aromatic rings. The predicted octanol–water partition coefficient (Wildman–Crippen LogP) is -1.70. The van der Waals surface area contributed by atoms with Gasteiger partial charge in [-0.2, -0.15) is 0 Å². The van der Waals surface area contributed by atoms with E-state index in [9.17, 15) is 19.2 Å². The van der Waals surface area contributed by atoms with Gasteiger partial charge < -0.3 is 26.6 Å². The maximum atomic E-state index is 12.4. The highest BCUT2D eigenvalue weighted by atomic mass is 16.2. The van der Waals surface area contributed by atoms with E-state index < -0.39 is 17.9 Å². The van der Waals surface area contributed by atoms with E-state index in [1.54, 1.807) is 0 Å². The van der Waals surface area contributed by atoms with Crippen molar-refractivity contribution in [3.8, 4) is 0 Å². The summed E-state index contributed by atoms with van der Waals surface area (Å²) in [4.78, 5) is 47.4. The molecule has 9 nitrogen and oxygen atoms in total. The zero-order valence-corrected chi connectivity index (χ0v) is 15.6. The Labute approximate surface area is 158 Å². The molecule has 0 aromatic heterocycles. The van der Waals surface area contributed by atoms with Crippen LogP contribution in [-0.4, -0.2) is 62.9 Å². The summed E-state index contributed by atoms with van der Waals surface area (Å²) in [7, 11) is 1.47. The normalized spacial score (nSPS) is 11.2. The number of hydrogen-bond acceptors (Lipinski definition) is 5. The van der Waals surface area contributed by atoms with E-state index in [-0.39, 0.29) is 37.9 Å². The van der Waals surface area contributed by atoms with Crippen molar-refractivity contribution in [2.24, 2.45) is 0 Å². The first kappa shape index (κ1) is 22.1. The molecule has 0 aliphatic heterocycles. The molecule has 27 heavy (non-hydrogen) atoms. The summed E-state index contributed by atoms with van der Waals surface area (Å²) in [6.07, 6.45) is 0.261. The van der Waals surface area contributed by atoms with Gasteiger partial charge in [-0.1, -0.05) is 37.3 Å². The van der Waals surface area contributed by atoms with Gasteiger partial charge in [-0.05, 0) is 12.1 Å². The third-order valence-electron chi connectivity index (χ3n) is 3.62. The molecule has 148 valence electrons. The van der Waals surface area contributed by atoms with E-state index in [0.717, 1.165) is 5.56 Å². The first-order valence-corrected chi connectivity index (χ1v) is 8.75. The molecule has 5 N–H and O–H groups in total. The first-order chi connectivity index (χ1) is 13.0. The fraction of sp³-hybridized carbons (Fsp3) is 0.444. The number of rotatable bonds is 11. The van der Waals surface area contributed by atoms with Crippen LogP contribution in [0.1, 0.15) is 12.5 Å². The lowest BCUT2D eigenvalue weighted by Gasteiger charge is -2.19. The molecule has 0 heterocycles. The average Bonchev–Trinajstić information content (AvgIpc) is 2.68. The Kier molecular flexibility index (Phi) is 10.2. The van der Waals surface area contributed by atoms with Crippen LogP contribution in [0.3, 0.4) is 0 Å². The maximum absolute atomic E-state index is 12.4. The Morgan fingerprint density at radius 1 is 0.889 bits per heavy atom. The lowest BCUT2D eigenvalue weighted by Crippen LogP contribution is -2.52. The quantitative estimate of drug-likeness (QED) is 0.314. The molecular weight excluding hydrogens is 350 g/mol. The summed E-state index contributed by atoms with van der Waals surface area (Å²) in [5, 5.41) is 12.8. The predicted molar refractivity (Wildman–Crippen MR) is 101 cm³/mol. The van der Waals surface area contributed by atoms with Gasteiger partial charge in [0, 0.05) is 13.5 Å². The molecular formula is C18H27N5O4. The number of hydrogen-bond donors (Lipinski definition) is 5. The van der Waals surface area contributed by atoms with E-state index >= 15 is 0 Å². The Hall–Kier alpha value is -2.94. The Bertz CT molecular complexity index is 636. The lowest BCUT2D eigenvalue weighted by atomic mass is 10.1. The molecule has 1 atom stereocenters. The molecule has 9 heteroatoms. The summed E-state index contributed by atoms with van der Waals surface area (Å²) < 4.78 is 0. The van der Waals surface area contributed by atoms with Gasteiger partial charge in [-0.3, -0.25) is 19.2 Å². The van der Waals surface area contributed by atoms with E-state index in [0.29, 0.717) is 6.54 Å². The first-order valence-electron chi connectivity index (χ1n) is 8.75. The highest BCUT2D eigenvalue weighted by Gasteiger charge is 2.21. The number of nitrogens with one attached hydrogen (secondary N) is 5. The van der Waals surface area contributed by atoms with Gasteiger partial charge in [0.05, 0.1) is 19.6 Å². The molecule has 1 rings (SSSR count). The van der Waals surface area contributed by atoms with Gasteiger partial charge in [-0.15, -0.1) is 0 Å². The Balaban J connectivity index is 2.64.